The lowest BCUT2D eigenvalue weighted by Crippen LogP contribution is -2.37. The Hall–Kier alpha value is -0.770. The summed E-state index contributed by atoms with van der Waals surface area (Å²) in [4.78, 5) is 2.35. The quantitative estimate of drug-likeness (QED) is 0.912. The third-order valence-electron chi connectivity index (χ3n) is 3.49. The highest BCUT2D eigenvalue weighted by atomic mass is 35.5. The van der Waals surface area contributed by atoms with Gasteiger partial charge in [-0.15, -0.1) is 0 Å². The highest BCUT2D eigenvalue weighted by Gasteiger charge is 2.20. The molecule has 18 heavy (non-hydrogen) atoms. The van der Waals surface area contributed by atoms with E-state index in [9.17, 15) is 0 Å². The zero-order valence-electron chi connectivity index (χ0n) is 10.7. The Morgan fingerprint density at radius 1 is 1.50 bits per heavy atom. The van der Waals surface area contributed by atoms with E-state index in [1.165, 1.54) is 12.8 Å². The van der Waals surface area contributed by atoms with E-state index >= 15 is 0 Å². The summed E-state index contributed by atoms with van der Waals surface area (Å²) >= 11 is 6.13. The number of benzene rings is 1. The summed E-state index contributed by atoms with van der Waals surface area (Å²) < 4.78 is 5.24. The molecule has 1 saturated heterocycles. The molecule has 1 atom stereocenters. The molecule has 3 nitrogen and oxygen atoms in total. The molecule has 4 heteroatoms. The molecule has 1 heterocycles. The van der Waals surface area contributed by atoms with Gasteiger partial charge in [-0.3, -0.25) is 0 Å². The van der Waals surface area contributed by atoms with Crippen molar-refractivity contribution in [3.8, 4) is 0 Å². The highest BCUT2D eigenvalue weighted by molar-refractivity contribution is 6.31. The SMILES string of the molecule is COCC1CCCN(c2ccc(CO)c(Cl)c2)C1. The Balaban J connectivity index is 2.08. The third-order valence-corrected chi connectivity index (χ3v) is 3.85. The lowest BCUT2D eigenvalue weighted by atomic mass is 9.98. The van der Waals surface area contributed by atoms with Crippen molar-refractivity contribution in [2.24, 2.45) is 5.92 Å². The summed E-state index contributed by atoms with van der Waals surface area (Å²) in [7, 11) is 1.76. The van der Waals surface area contributed by atoms with E-state index in [2.05, 4.69) is 4.90 Å². The molecule has 1 aliphatic rings. The molecule has 0 saturated carbocycles. The summed E-state index contributed by atoms with van der Waals surface area (Å²) in [5, 5.41) is 9.76. The monoisotopic (exact) mass is 269 g/mol. The summed E-state index contributed by atoms with van der Waals surface area (Å²) in [6.07, 6.45) is 2.42. The predicted octanol–water partition coefficient (Wildman–Crippen LogP) is 2.70. The average molecular weight is 270 g/mol. The van der Waals surface area contributed by atoms with Crippen LogP contribution >= 0.6 is 11.6 Å². The van der Waals surface area contributed by atoms with Gasteiger partial charge < -0.3 is 14.7 Å². The van der Waals surface area contributed by atoms with E-state index in [0.717, 1.165) is 30.9 Å². The number of methoxy groups -OCH3 is 1. The summed E-state index contributed by atoms with van der Waals surface area (Å²) in [6.45, 7) is 2.89. The van der Waals surface area contributed by atoms with Crippen LogP contribution in [0.1, 0.15) is 18.4 Å². The number of ether oxygens (including phenoxy) is 1. The van der Waals surface area contributed by atoms with Gasteiger partial charge in [-0.05, 0) is 36.5 Å². The minimum absolute atomic E-state index is 0.00852. The molecule has 1 fully saturated rings. The number of hydrogen-bond donors (Lipinski definition) is 1. The van der Waals surface area contributed by atoms with Crippen molar-refractivity contribution in [3.05, 3.63) is 28.8 Å². The van der Waals surface area contributed by atoms with Gasteiger partial charge in [0.05, 0.1) is 13.2 Å². The minimum Gasteiger partial charge on any atom is -0.392 e. The second-order valence-electron chi connectivity index (χ2n) is 4.84. The fourth-order valence-corrected chi connectivity index (χ4v) is 2.77. The Labute approximate surface area is 113 Å². The molecule has 0 aromatic heterocycles. The first-order chi connectivity index (χ1) is 8.74. The fourth-order valence-electron chi connectivity index (χ4n) is 2.53. The maximum atomic E-state index is 9.12. The Morgan fingerprint density at radius 3 is 3.00 bits per heavy atom. The van der Waals surface area contributed by atoms with Crippen molar-refractivity contribution < 1.29 is 9.84 Å². The lowest BCUT2D eigenvalue weighted by molar-refractivity contribution is 0.143. The van der Waals surface area contributed by atoms with Crippen LogP contribution in [0.15, 0.2) is 18.2 Å². The number of nitrogens with zero attached hydrogens (tertiary/aromatic N) is 1. The van der Waals surface area contributed by atoms with Gasteiger partial charge >= 0.3 is 0 Å². The van der Waals surface area contributed by atoms with E-state index in [4.69, 9.17) is 21.4 Å². The van der Waals surface area contributed by atoms with E-state index < -0.39 is 0 Å². The molecule has 1 aromatic carbocycles. The molecule has 0 spiro atoms. The zero-order chi connectivity index (χ0) is 13.0. The lowest BCUT2D eigenvalue weighted by Gasteiger charge is -2.34. The van der Waals surface area contributed by atoms with Gasteiger partial charge in [-0.25, -0.2) is 0 Å². The van der Waals surface area contributed by atoms with Crippen molar-refractivity contribution in [1.29, 1.82) is 0 Å². The van der Waals surface area contributed by atoms with E-state index in [0.29, 0.717) is 10.9 Å². The van der Waals surface area contributed by atoms with E-state index in [-0.39, 0.29) is 6.61 Å². The maximum absolute atomic E-state index is 9.12. The van der Waals surface area contributed by atoms with Crippen LogP contribution in [0.4, 0.5) is 5.69 Å². The first kappa shape index (κ1) is 13.7. The van der Waals surface area contributed by atoms with Crippen molar-refractivity contribution in [1.82, 2.24) is 0 Å². The molecular weight excluding hydrogens is 250 g/mol. The van der Waals surface area contributed by atoms with Crippen LogP contribution in [-0.2, 0) is 11.3 Å². The first-order valence-electron chi connectivity index (χ1n) is 6.37. The van der Waals surface area contributed by atoms with Gasteiger partial charge in [0.1, 0.15) is 0 Å². The Kier molecular flexibility index (Phi) is 4.87. The molecular formula is C14H20ClNO2. The number of anilines is 1. The smallest absolute Gasteiger partial charge is 0.0696 e. The topological polar surface area (TPSA) is 32.7 Å². The van der Waals surface area contributed by atoms with Crippen LogP contribution in [0.3, 0.4) is 0 Å². The van der Waals surface area contributed by atoms with Crippen molar-refractivity contribution in [2.75, 3.05) is 31.7 Å². The maximum Gasteiger partial charge on any atom is 0.0696 e. The molecule has 1 aliphatic heterocycles. The van der Waals surface area contributed by atoms with Crippen molar-refractivity contribution >= 4 is 17.3 Å². The summed E-state index contributed by atoms with van der Waals surface area (Å²) in [5.41, 5.74) is 1.92. The number of piperidine rings is 1. The first-order valence-corrected chi connectivity index (χ1v) is 6.75. The molecule has 0 radical (unpaired) electrons. The second kappa shape index (κ2) is 6.41. The van der Waals surface area contributed by atoms with Crippen LogP contribution in [0.5, 0.6) is 0 Å². The van der Waals surface area contributed by atoms with E-state index in [1.807, 2.05) is 18.2 Å². The van der Waals surface area contributed by atoms with Gasteiger partial charge in [0.15, 0.2) is 0 Å². The number of aliphatic hydroxyl groups excluding tert-OH is 1. The van der Waals surface area contributed by atoms with Crippen molar-refractivity contribution in [3.63, 3.8) is 0 Å². The van der Waals surface area contributed by atoms with Crippen LogP contribution < -0.4 is 4.90 Å². The molecule has 1 unspecified atom stereocenters. The van der Waals surface area contributed by atoms with Crippen LogP contribution in [0.25, 0.3) is 0 Å². The van der Waals surface area contributed by atoms with Crippen molar-refractivity contribution in [2.45, 2.75) is 19.4 Å². The van der Waals surface area contributed by atoms with Gasteiger partial charge in [-0.2, -0.15) is 0 Å². The highest BCUT2D eigenvalue weighted by Crippen LogP contribution is 2.27. The fraction of sp³-hybridized carbons (Fsp3) is 0.571. The number of hydrogen-bond acceptors (Lipinski definition) is 3. The molecule has 0 amide bonds. The molecule has 0 aliphatic carbocycles. The minimum atomic E-state index is -0.00852. The van der Waals surface area contributed by atoms with Gasteiger partial charge in [0.2, 0.25) is 0 Å². The summed E-state index contributed by atoms with van der Waals surface area (Å²) in [6, 6.07) is 5.88. The number of aliphatic hydroxyl groups is 1. The third kappa shape index (κ3) is 3.16. The van der Waals surface area contributed by atoms with Crippen LogP contribution in [0, 0.1) is 5.92 Å². The largest absolute Gasteiger partial charge is 0.392 e. The van der Waals surface area contributed by atoms with Gasteiger partial charge in [-0.1, -0.05) is 17.7 Å². The number of halogens is 1. The number of rotatable bonds is 4. The Bertz CT molecular complexity index is 395. The average Bonchev–Trinajstić information content (AvgIpc) is 2.39. The van der Waals surface area contributed by atoms with Gasteiger partial charge in [0.25, 0.3) is 0 Å². The molecule has 1 aromatic rings. The molecule has 2 rings (SSSR count). The molecule has 0 bridgehead atoms. The van der Waals surface area contributed by atoms with Gasteiger partial charge in [0, 0.05) is 30.9 Å². The van der Waals surface area contributed by atoms with Crippen LogP contribution in [0.2, 0.25) is 5.02 Å². The zero-order valence-corrected chi connectivity index (χ0v) is 11.5. The molecule has 1 N–H and O–H groups in total. The Morgan fingerprint density at radius 2 is 2.33 bits per heavy atom. The molecule has 100 valence electrons. The second-order valence-corrected chi connectivity index (χ2v) is 5.25. The predicted molar refractivity (Wildman–Crippen MR) is 74.2 cm³/mol. The summed E-state index contributed by atoms with van der Waals surface area (Å²) in [5.74, 6) is 0.597. The van der Waals surface area contributed by atoms with Crippen LogP contribution in [-0.4, -0.2) is 31.9 Å². The standard InChI is InChI=1S/C14H20ClNO2/c1-18-10-11-3-2-6-16(8-11)13-5-4-12(9-17)14(15)7-13/h4-5,7,11,17H,2-3,6,8-10H2,1H3. The normalized spacial score (nSPS) is 20.2. The van der Waals surface area contributed by atoms with E-state index in [1.54, 1.807) is 7.11 Å².